The molecular formula is C18H19NO2S. The summed E-state index contributed by atoms with van der Waals surface area (Å²) in [5.41, 5.74) is 9.95. The van der Waals surface area contributed by atoms with Gasteiger partial charge in [0, 0.05) is 6.54 Å². The van der Waals surface area contributed by atoms with Gasteiger partial charge in [0.05, 0.1) is 9.79 Å². The van der Waals surface area contributed by atoms with E-state index in [1.54, 1.807) is 30.3 Å². The summed E-state index contributed by atoms with van der Waals surface area (Å²) in [7, 11) is -3.47. The predicted octanol–water partition coefficient (Wildman–Crippen LogP) is 3.12. The predicted molar refractivity (Wildman–Crippen MR) is 88.4 cm³/mol. The third-order valence-electron chi connectivity index (χ3n) is 4.06. The Morgan fingerprint density at radius 2 is 1.86 bits per heavy atom. The highest BCUT2D eigenvalue weighted by atomic mass is 32.2. The van der Waals surface area contributed by atoms with Crippen molar-refractivity contribution in [3.05, 3.63) is 65.2 Å². The molecule has 2 aromatic carbocycles. The molecular weight excluding hydrogens is 294 g/mol. The van der Waals surface area contributed by atoms with Crippen LogP contribution in [0.3, 0.4) is 0 Å². The van der Waals surface area contributed by atoms with E-state index in [1.165, 1.54) is 0 Å². The largest absolute Gasteiger partial charge is 0.326 e. The minimum atomic E-state index is -3.47. The summed E-state index contributed by atoms with van der Waals surface area (Å²) >= 11 is 0. The van der Waals surface area contributed by atoms with Crippen LogP contribution in [0.5, 0.6) is 0 Å². The molecule has 2 N–H and O–H groups in total. The number of aryl methyl sites for hydroxylation is 2. The standard InChI is InChI=1S/C18H19NO2S/c1-13-4-2-7-16(10-13)22(20,21)17-8-9-18-14(11-17)5-3-6-15(18)12-19/h2,4,6-11H,3,5,12,19H2,1H3. The molecule has 3 rings (SSSR count). The highest BCUT2D eigenvalue weighted by Gasteiger charge is 2.20. The summed E-state index contributed by atoms with van der Waals surface area (Å²) in [6.45, 7) is 2.38. The molecule has 0 bridgehead atoms. The lowest BCUT2D eigenvalue weighted by Gasteiger charge is -2.18. The van der Waals surface area contributed by atoms with Gasteiger partial charge in [-0.2, -0.15) is 0 Å². The fraction of sp³-hybridized carbons (Fsp3) is 0.222. The molecule has 114 valence electrons. The quantitative estimate of drug-likeness (QED) is 0.947. The Kier molecular flexibility index (Phi) is 3.89. The molecule has 4 heteroatoms. The average molecular weight is 313 g/mol. The minimum Gasteiger partial charge on any atom is -0.326 e. The van der Waals surface area contributed by atoms with Gasteiger partial charge in [0.25, 0.3) is 0 Å². The maximum atomic E-state index is 12.8. The first-order chi connectivity index (χ1) is 10.5. The van der Waals surface area contributed by atoms with Crippen molar-refractivity contribution in [3.63, 3.8) is 0 Å². The van der Waals surface area contributed by atoms with Gasteiger partial charge in [0.2, 0.25) is 9.84 Å². The molecule has 0 spiro atoms. The van der Waals surface area contributed by atoms with E-state index in [-0.39, 0.29) is 0 Å². The second-order valence-electron chi connectivity index (χ2n) is 5.61. The van der Waals surface area contributed by atoms with Crippen LogP contribution >= 0.6 is 0 Å². The molecule has 0 saturated heterocycles. The number of fused-ring (bicyclic) bond motifs is 1. The molecule has 0 aliphatic heterocycles. The van der Waals surface area contributed by atoms with Crippen LogP contribution in [0.1, 0.15) is 23.1 Å². The molecule has 0 radical (unpaired) electrons. The van der Waals surface area contributed by atoms with Gasteiger partial charge in [-0.25, -0.2) is 8.42 Å². The maximum absolute atomic E-state index is 12.8. The first-order valence-corrected chi connectivity index (χ1v) is 8.85. The third kappa shape index (κ3) is 2.60. The van der Waals surface area contributed by atoms with Gasteiger partial charge in [-0.05, 0) is 66.3 Å². The van der Waals surface area contributed by atoms with E-state index in [0.29, 0.717) is 16.3 Å². The number of hydrogen-bond acceptors (Lipinski definition) is 3. The van der Waals surface area contributed by atoms with Gasteiger partial charge in [-0.1, -0.05) is 24.3 Å². The Morgan fingerprint density at radius 3 is 2.59 bits per heavy atom. The van der Waals surface area contributed by atoms with Crippen LogP contribution < -0.4 is 5.73 Å². The SMILES string of the molecule is Cc1cccc(S(=O)(=O)c2ccc3c(c2)CCC=C3CN)c1. The summed E-state index contributed by atoms with van der Waals surface area (Å²) in [6, 6.07) is 12.4. The van der Waals surface area contributed by atoms with E-state index in [2.05, 4.69) is 6.08 Å². The number of benzene rings is 2. The van der Waals surface area contributed by atoms with Crippen LogP contribution in [0.15, 0.2) is 58.3 Å². The van der Waals surface area contributed by atoms with Crippen molar-refractivity contribution in [1.82, 2.24) is 0 Å². The van der Waals surface area contributed by atoms with Gasteiger partial charge < -0.3 is 5.73 Å². The Balaban J connectivity index is 2.08. The minimum absolute atomic E-state index is 0.345. The molecule has 0 heterocycles. The summed E-state index contributed by atoms with van der Waals surface area (Å²) in [5.74, 6) is 0. The van der Waals surface area contributed by atoms with E-state index in [9.17, 15) is 8.42 Å². The average Bonchev–Trinajstić information content (AvgIpc) is 2.53. The lowest BCUT2D eigenvalue weighted by Crippen LogP contribution is -2.10. The zero-order valence-corrected chi connectivity index (χ0v) is 13.4. The number of hydrogen-bond donors (Lipinski definition) is 1. The van der Waals surface area contributed by atoms with Crippen LogP contribution in [0.2, 0.25) is 0 Å². The van der Waals surface area contributed by atoms with E-state index < -0.39 is 9.84 Å². The molecule has 0 unspecified atom stereocenters. The van der Waals surface area contributed by atoms with Gasteiger partial charge in [-0.15, -0.1) is 0 Å². The van der Waals surface area contributed by atoms with Crippen molar-refractivity contribution in [2.45, 2.75) is 29.6 Å². The first kappa shape index (κ1) is 15.0. The zero-order valence-electron chi connectivity index (χ0n) is 12.5. The summed E-state index contributed by atoms with van der Waals surface area (Å²) < 4.78 is 25.6. The van der Waals surface area contributed by atoms with Crippen LogP contribution in [-0.4, -0.2) is 15.0 Å². The van der Waals surface area contributed by atoms with Crippen molar-refractivity contribution in [3.8, 4) is 0 Å². The summed E-state index contributed by atoms with van der Waals surface area (Å²) in [4.78, 5) is 0.702. The second-order valence-corrected chi connectivity index (χ2v) is 7.56. The zero-order chi connectivity index (χ0) is 15.7. The highest BCUT2D eigenvalue weighted by Crippen LogP contribution is 2.30. The van der Waals surface area contributed by atoms with Crippen LogP contribution in [0.4, 0.5) is 0 Å². The molecule has 0 saturated carbocycles. The van der Waals surface area contributed by atoms with E-state index in [0.717, 1.165) is 35.1 Å². The Morgan fingerprint density at radius 1 is 1.09 bits per heavy atom. The van der Waals surface area contributed by atoms with E-state index >= 15 is 0 Å². The van der Waals surface area contributed by atoms with E-state index in [4.69, 9.17) is 5.73 Å². The van der Waals surface area contributed by atoms with Crippen molar-refractivity contribution in [2.75, 3.05) is 6.54 Å². The van der Waals surface area contributed by atoms with Crippen LogP contribution in [-0.2, 0) is 16.3 Å². The van der Waals surface area contributed by atoms with Gasteiger partial charge in [0.1, 0.15) is 0 Å². The van der Waals surface area contributed by atoms with Crippen molar-refractivity contribution in [1.29, 1.82) is 0 Å². The van der Waals surface area contributed by atoms with Crippen molar-refractivity contribution >= 4 is 15.4 Å². The summed E-state index contributed by atoms with van der Waals surface area (Å²) in [6.07, 6.45) is 3.90. The van der Waals surface area contributed by atoms with Crippen molar-refractivity contribution in [2.24, 2.45) is 5.73 Å². The molecule has 2 aromatic rings. The normalized spacial score (nSPS) is 14.4. The molecule has 0 atom stereocenters. The Hall–Kier alpha value is -1.91. The monoisotopic (exact) mass is 313 g/mol. The smallest absolute Gasteiger partial charge is 0.206 e. The summed E-state index contributed by atoms with van der Waals surface area (Å²) in [5, 5.41) is 0. The molecule has 0 amide bonds. The van der Waals surface area contributed by atoms with Crippen LogP contribution in [0.25, 0.3) is 5.57 Å². The van der Waals surface area contributed by atoms with Gasteiger partial charge in [0.15, 0.2) is 0 Å². The van der Waals surface area contributed by atoms with Gasteiger partial charge >= 0.3 is 0 Å². The molecule has 1 aliphatic rings. The fourth-order valence-electron chi connectivity index (χ4n) is 2.88. The highest BCUT2D eigenvalue weighted by molar-refractivity contribution is 7.91. The lowest BCUT2D eigenvalue weighted by molar-refractivity contribution is 0.596. The van der Waals surface area contributed by atoms with E-state index in [1.807, 2.05) is 19.1 Å². The number of sulfone groups is 1. The Labute approximate surface area is 131 Å². The Bertz CT molecular complexity index is 851. The molecule has 3 nitrogen and oxygen atoms in total. The molecule has 1 aliphatic carbocycles. The number of allylic oxidation sites excluding steroid dienone is 1. The fourth-order valence-corrected chi connectivity index (χ4v) is 4.30. The third-order valence-corrected chi connectivity index (χ3v) is 5.81. The second kappa shape index (κ2) is 5.71. The van der Waals surface area contributed by atoms with Crippen molar-refractivity contribution < 1.29 is 8.42 Å². The lowest BCUT2D eigenvalue weighted by atomic mass is 9.91. The maximum Gasteiger partial charge on any atom is 0.206 e. The number of rotatable bonds is 3. The first-order valence-electron chi connectivity index (χ1n) is 7.36. The molecule has 0 fully saturated rings. The number of nitrogens with two attached hydrogens (primary N) is 1. The topological polar surface area (TPSA) is 60.2 Å². The molecule has 0 aromatic heterocycles. The van der Waals surface area contributed by atoms with Crippen LogP contribution in [0, 0.1) is 6.92 Å². The van der Waals surface area contributed by atoms with Gasteiger partial charge in [-0.3, -0.25) is 0 Å². The molecule has 22 heavy (non-hydrogen) atoms.